The first-order chi connectivity index (χ1) is 23.9. The molecule has 0 radical (unpaired) electrons. The number of benzene rings is 1. The van der Waals surface area contributed by atoms with Gasteiger partial charge in [0.05, 0.1) is 26.0 Å². The molecular weight excluding hydrogens is 663 g/mol. The van der Waals surface area contributed by atoms with Crippen LogP contribution in [-0.4, -0.2) is 98.1 Å². The van der Waals surface area contributed by atoms with Crippen molar-refractivity contribution < 1.29 is 9.84 Å². The highest BCUT2D eigenvalue weighted by Gasteiger charge is 2.22. The number of fused-ring (bicyclic) bond motifs is 1. The predicted octanol–water partition coefficient (Wildman–Crippen LogP) is 5.72. The van der Waals surface area contributed by atoms with Crippen LogP contribution in [0.5, 0.6) is 0 Å². The molecule has 2 aliphatic rings. The molecule has 0 bridgehead atoms. The summed E-state index contributed by atoms with van der Waals surface area (Å²) in [6, 6.07) is 8.42. The summed E-state index contributed by atoms with van der Waals surface area (Å²) in [5.41, 5.74) is 4.07. The van der Waals surface area contributed by atoms with E-state index in [4.69, 9.17) is 43.0 Å². The van der Waals surface area contributed by atoms with E-state index in [1.54, 1.807) is 4.68 Å². The zero-order chi connectivity index (χ0) is 34.2. The van der Waals surface area contributed by atoms with Crippen LogP contribution in [0.3, 0.4) is 0 Å². The maximum Gasteiger partial charge on any atom is 0.226 e. The lowest BCUT2D eigenvalue weighted by Crippen LogP contribution is -2.40. The van der Waals surface area contributed by atoms with Crippen LogP contribution in [0.25, 0.3) is 23.1 Å². The van der Waals surface area contributed by atoms with Gasteiger partial charge in [-0.15, -0.1) is 5.10 Å². The second-order valence-corrected chi connectivity index (χ2v) is 13.6. The van der Waals surface area contributed by atoms with Gasteiger partial charge in [-0.1, -0.05) is 35.0 Å². The number of morpholine rings is 1. The first-order valence-corrected chi connectivity index (χ1v) is 17.9. The molecule has 12 nitrogen and oxygen atoms in total. The van der Waals surface area contributed by atoms with Crippen molar-refractivity contribution in [1.29, 1.82) is 0 Å². The van der Waals surface area contributed by atoms with Crippen molar-refractivity contribution in [2.45, 2.75) is 58.3 Å². The van der Waals surface area contributed by atoms with Crippen molar-refractivity contribution >= 4 is 63.8 Å². The van der Waals surface area contributed by atoms with Gasteiger partial charge in [0.2, 0.25) is 5.95 Å². The molecule has 0 amide bonds. The molecule has 6 rings (SSSR count). The third kappa shape index (κ3) is 9.11. The lowest BCUT2D eigenvalue weighted by Gasteiger charge is -2.33. The smallest absolute Gasteiger partial charge is 0.226 e. The summed E-state index contributed by atoms with van der Waals surface area (Å²) in [7, 11) is 0. The molecule has 262 valence electrons. The number of nitrogens with zero attached hydrogens (tertiary/aromatic N) is 8. The fourth-order valence-electron chi connectivity index (χ4n) is 6.62. The topological polar surface area (TPSA) is 121 Å². The fourth-order valence-corrected chi connectivity index (χ4v) is 6.90. The first kappa shape index (κ1) is 35.2. The number of aliphatic hydroxyl groups is 1. The maximum atomic E-state index is 9.10. The Morgan fingerprint density at radius 1 is 1.08 bits per heavy atom. The minimum atomic E-state index is 0.123. The van der Waals surface area contributed by atoms with Crippen LogP contribution >= 0.6 is 23.2 Å². The Bertz CT molecular complexity index is 1740. The molecule has 3 aromatic heterocycles. The average molecular weight is 710 g/mol. The standard InChI is InChI=1S/C35H46Cl2N10O2/c1-3-31-29(20-25(2)36)30-21-26(37)6-7-32(30)47(31)12-4-10-44-13-8-27(9-14-44)39-33-22-34(45-15-18-49-19-16-45)41-35(40-33)38-23-28-24-46(43-42-28)11-5-17-48/h3,6-7,20-22,24,27,48H,1,4-5,8-19,23H2,2H3,(H2,38,39,40,41)/b25-20+. The number of allylic oxidation sites excluding steroid dienone is 1. The van der Waals surface area contributed by atoms with E-state index >= 15 is 0 Å². The van der Waals surface area contributed by atoms with E-state index < -0.39 is 0 Å². The number of likely N-dealkylation sites (tertiary alicyclic amines) is 1. The number of anilines is 3. The van der Waals surface area contributed by atoms with E-state index in [-0.39, 0.29) is 6.61 Å². The van der Waals surface area contributed by atoms with Crippen molar-refractivity contribution in [2.75, 3.05) is 68.1 Å². The molecule has 0 atom stereocenters. The van der Waals surface area contributed by atoms with Crippen LogP contribution in [0, 0.1) is 0 Å². The van der Waals surface area contributed by atoms with Crippen LogP contribution in [-0.2, 0) is 24.4 Å². The quantitative estimate of drug-likeness (QED) is 0.142. The summed E-state index contributed by atoms with van der Waals surface area (Å²) in [5, 5.41) is 27.1. The molecule has 5 heterocycles. The summed E-state index contributed by atoms with van der Waals surface area (Å²) in [6.07, 6.45) is 9.52. The van der Waals surface area contributed by atoms with Gasteiger partial charge in [0.15, 0.2) is 0 Å². The Kier molecular flexibility index (Phi) is 12.1. The van der Waals surface area contributed by atoms with Crippen LogP contribution in [0.15, 0.2) is 42.1 Å². The highest BCUT2D eigenvalue weighted by atomic mass is 35.5. The molecule has 0 saturated carbocycles. The second kappa shape index (κ2) is 16.8. The number of piperidine rings is 1. The highest BCUT2D eigenvalue weighted by molar-refractivity contribution is 6.32. The van der Waals surface area contributed by atoms with E-state index in [2.05, 4.69) is 54.0 Å². The van der Waals surface area contributed by atoms with Gasteiger partial charge in [-0.3, -0.25) is 4.68 Å². The van der Waals surface area contributed by atoms with Gasteiger partial charge < -0.3 is 34.8 Å². The summed E-state index contributed by atoms with van der Waals surface area (Å²) in [4.78, 5) is 14.5. The van der Waals surface area contributed by atoms with Gasteiger partial charge in [0.25, 0.3) is 0 Å². The second-order valence-electron chi connectivity index (χ2n) is 12.6. The fraction of sp³-hybridized carbons (Fsp3) is 0.486. The van der Waals surface area contributed by atoms with Gasteiger partial charge in [0, 0.05) is 90.2 Å². The molecule has 14 heteroatoms. The number of aliphatic hydroxyl groups excluding tert-OH is 1. The monoisotopic (exact) mass is 708 g/mol. The molecule has 49 heavy (non-hydrogen) atoms. The van der Waals surface area contributed by atoms with Crippen LogP contribution in [0.4, 0.5) is 17.6 Å². The number of halogens is 2. The number of rotatable bonds is 15. The maximum absolute atomic E-state index is 9.10. The van der Waals surface area contributed by atoms with Crippen LogP contribution in [0.1, 0.15) is 49.6 Å². The minimum absolute atomic E-state index is 0.123. The molecular formula is C35H46Cl2N10O2. The Morgan fingerprint density at radius 2 is 1.90 bits per heavy atom. The summed E-state index contributed by atoms with van der Waals surface area (Å²) < 4.78 is 9.66. The van der Waals surface area contributed by atoms with Crippen molar-refractivity contribution in [3.63, 3.8) is 0 Å². The normalized spacial score (nSPS) is 16.4. The van der Waals surface area contributed by atoms with Crippen molar-refractivity contribution in [1.82, 2.24) is 34.4 Å². The zero-order valence-corrected chi connectivity index (χ0v) is 29.6. The lowest BCUT2D eigenvalue weighted by atomic mass is 10.0. The van der Waals surface area contributed by atoms with Gasteiger partial charge in [0.1, 0.15) is 17.3 Å². The Morgan fingerprint density at radius 3 is 2.65 bits per heavy atom. The van der Waals surface area contributed by atoms with E-state index in [0.717, 1.165) is 103 Å². The van der Waals surface area contributed by atoms with Gasteiger partial charge in [-0.25, -0.2) is 0 Å². The molecule has 1 aromatic carbocycles. The third-order valence-corrected chi connectivity index (χ3v) is 9.39. The van der Waals surface area contributed by atoms with Crippen LogP contribution < -0.4 is 15.5 Å². The van der Waals surface area contributed by atoms with Crippen molar-refractivity contribution in [2.24, 2.45) is 0 Å². The van der Waals surface area contributed by atoms with E-state index in [9.17, 15) is 0 Å². The van der Waals surface area contributed by atoms with Crippen LogP contribution in [0.2, 0.25) is 5.02 Å². The summed E-state index contributed by atoms with van der Waals surface area (Å²) in [5.74, 6) is 2.25. The SMILES string of the molecule is C=Cc1c(/C=C(\C)Cl)c2cc(Cl)ccc2n1CCCN1CCC(Nc2cc(N3CCOCC3)nc(NCc3cn(CCCO)nn3)n2)CC1. The zero-order valence-electron chi connectivity index (χ0n) is 28.1. The van der Waals surface area contributed by atoms with Gasteiger partial charge in [-0.2, -0.15) is 9.97 Å². The molecule has 0 unspecified atom stereocenters. The molecule has 2 aliphatic heterocycles. The number of aryl methyl sites for hydroxylation is 2. The molecule has 3 N–H and O–H groups in total. The largest absolute Gasteiger partial charge is 0.396 e. The van der Waals surface area contributed by atoms with Crippen molar-refractivity contribution in [3.8, 4) is 0 Å². The molecule has 2 saturated heterocycles. The Hall–Kier alpha value is -3.68. The number of ether oxygens (including phenoxy) is 1. The highest BCUT2D eigenvalue weighted by Crippen LogP contribution is 2.32. The average Bonchev–Trinajstić information content (AvgIpc) is 3.68. The number of hydrogen-bond acceptors (Lipinski definition) is 10. The van der Waals surface area contributed by atoms with Gasteiger partial charge in [-0.05, 0) is 69.5 Å². The lowest BCUT2D eigenvalue weighted by molar-refractivity contribution is 0.122. The third-order valence-electron chi connectivity index (χ3n) is 9.05. The number of hydrogen-bond donors (Lipinski definition) is 3. The minimum Gasteiger partial charge on any atom is -0.396 e. The number of nitrogens with one attached hydrogen (secondary N) is 2. The molecule has 2 fully saturated rings. The van der Waals surface area contributed by atoms with Crippen molar-refractivity contribution in [3.05, 3.63) is 64.0 Å². The van der Waals surface area contributed by atoms with Gasteiger partial charge >= 0.3 is 0 Å². The summed E-state index contributed by atoms with van der Waals surface area (Å²) in [6.45, 7) is 14.1. The first-order valence-electron chi connectivity index (χ1n) is 17.1. The molecule has 0 aliphatic carbocycles. The van der Waals surface area contributed by atoms with E-state index in [0.29, 0.717) is 49.7 Å². The Balaban J connectivity index is 1.06. The van der Waals surface area contributed by atoms with E-state index in [1.807, 2.05) is 37.4 Å². The number of aromatic nitrogens is 6. The molecule has 4 aromatic rings. The molecule has 0 spiro atoms. The predicted molar refractivity (Wildman–Crippen MR) is 198 cm³/mol. The van der Waals surface area contributed by atoms with E-state index in [1.165, 1.54) is 0 Å². The summed E-state index contributed by atoms with van der Waals surface area (Å²) >= 11 is 12.7. The Labute approximate surface area is 297 Å².